The maximum Gasteiger partial charge on any atom is 0.360 e. The van der Waals surface area contributed by atoms with Gasteiger partial charge in [0.15, 0.2) is 17.2 Å². The first-order valence-electron chi connectivity index (χ1n) is 6.84. The fraction of sp³-hybridized carbons (Fsp3) is 0.375. The van der Waals surface area contributed by atoms with Gasteiger partial charge in [-0.05, 0) is 34.8 Å². The van der Waals surface area contributed by atoms with Crippen molar-refractivity contribution in [3.8, 4) is 11.5 Å². The highest BCUT2D eigenvalue weighted by molar-refractivity contribution is 9.10. The molecule has 0 saturated carbocycles. The minimum absolute atomic E-state index is 0.0741. The van der Waals surface area contributed by atoms with Crippen molar-refractivity contribution in [2.45, 2.75) is 20.3 Å². The van der Waals surface area contributed by atoms with Crippen LogP contribution in [-0.4, -0.2) is 31.8 Å². The number of aromatic nitrogens is 1. The molecule has 0 amide bonds. The molecule has 0 aliphatic rings. The average Bonchev–Trinajstić information content (AvgIpc) is 2.52. The van der Waals surface area contributed by atoms with Crippen LogP contribution in [0.15, 0.2) is 34.5 Å². The molecule has 0 saturated heterocycles. The van der Waals surface area contributed by atoms with Crippen molar-refractivity contribution in [2.24, 2.45) is 0 Å². The van der Waals surface area contributed by atoms with Gasteiger partial charge in [0.05, 0.1) is 14.2 Å². The molecule has 0 unspecified atom stereocenters. The predicted molar refractivity (Wildman–Crippen MR) is 88.5 cm³/mol. The van der Waals surface area contributed by atoms with E-state index in [-0.39, 0.29) is 11.4 Å². The van der Waals surface area contributed by atoms with Crippen LogP contribution in [-0.2, 0) is 4.74 Å². The third-order valence-corrected chi connectivity index (χ3v) is 3.14. The van der Waals surface area contributed by atoms with Crippen LogP contribution in [0.1, 0.15) is 30.8 Å². The zero-order valence-corrected chi connectivity index (χ0v) is 14.8. The number of pyridine rings is 1. The van der Waals surface area contributed by atoms with Gasteiger partial charge in [-0.3, -0.25) is 0 Å². The van der Waals surface area contributed by atoms with E-state index in [1.54, 1.807) is 6.07 Å². The Morgan fingerprint density at radius 1 is 1.41 bits per heavy atom. The molecule has 0 spiro atoms. The molecule has 22 heavy (non-hydrogen) atoms. The summed E-state index contributed by atoms with van der Waals surface area (Å²) in [5.74, 6) is 0.101. The zero-order chi connectivity index (χ0) is 16.5. The number of halogens is 1. The summed E-state index contributed by atoms with van der Waals surface area (Å²) in [5.41, 5.74) is 1.08. The first-order valence-corrected chi connectivity index (χ1v) is 7.64. The van der Waals surface area contributed by atoms with E-state index in [4.69, 9.17) is 14.2 Å². The van der Waals surface area contributed by atoms with E-state index in [1.165, 1.54) is 14.2 Å². The van der Waals surface area contributed by atoms with Gasteiger partial charge in [0.2, 0.25) is 0 Å². The van der Waals surface area contributed by atoms with Crippen molar-refractivity contribution in [3.05, 3.63) is 40.2 Å². The lowest BCUT2D eigenvalue weighted by atomic mass is 10.2. The topological polar surface area (TPSA) is 57.7 Å². The summed E-state index contributed by atoms with van der Waals surface area (Å²) >= 11 is 3.24. The number of esters is 1. The van der Waals surface area contributed by atoms with Gasteiger partial charge in [0, 0.05) is 6.07 Å². The van der Waals surface area contributed by atoms with Gasteiger partial charge in [-0.2, -0.15) is 0 Å². The van der Waals surface area contributed by atoms with Crippen LogP contribution >= 0.6 is 15.9 Å². The molecule has 0 aliphatic heterocycles. The number of ether oxygens (including phenoxy) is 3. The number of allylic oxidation sites excluding steroid dienone is 2. The lowest BCUT2D eigenvalue weighted by Crippen LogP contribution is -2.11. The summed E-state index contributed by atoms with van der Waals surface area (Å²) in [6.07, 6.45) is 6.84. The first-order chi connectivity index (χ1) is 10.6. The van der Waals surface area contributed by atoms with E-state index >= 15 is 0 Å². The lowest BCUT2D eigenvalue weighted by Gasteiger charge is -2.14. The monoisotopic (exact) mass is 369 g/mol. The lowest BCUT2D eigenvalue weighted by molar-refractivity contribution is 0.0588. The van der Waals surface area contributed by atoms with E-state index in [1.807, 2.05) is 26.0 Å². The molecule has 0 aromatic carbocycles. The normalized spacial score (nSPS) is 11.6. The Kier molecular flexibility index (Phi) is 7.66. The third kappa shape index (κ3) is 4.87. The Morgan fingerprint density at radius 3 is 2.68 bits per heavy atom. The molecule has 6 heteroatoms. The standard InChI is InChI=1S/C16H20BrNO4/c1-5-7-11(8-6-2)10-22-15-12(20-3)9-13(17)18-14(15)16(19)21-4/h5,7-9H,6,10H2,1-4H3/b7-5-,11-8+. The second-order valence-corrected chi connectivity index (χ2v) is 5.10. The van der Waals surface area contributed by atoms with Gasteiger partial charge in [-0.25, -0.2) is 9.78 Å². The molecule has 1 aromatic heterocycles. The minimum Gasteiger partial charge on any atom is -0.493 e. The molecule has 0 radical (unpaired) electrons. The Balaban J connectivity index is 3.16. The number of nitrogens with zero attached hydrogens (tertiary/aromatic N) is 1. The summed E-state index contributed by atoms with van der Waals surface area (Å²) in [4.78, 5) is 16.0. The van der Waals surface area contributed by atoms with Gasteiger partial charge in [0.25, 0.3) is 0 Å². The van der Waals surface area contributed by atoms with Gasteiger partial charge in [-0.1, -0.05) is 25.2 Å². The van der Waals surface area contributed by atoms with Crippen LogP contribution in [0.2, 0.25) is 0 Å². The maximum atomic E-state index is 11.9. The van der Waals surface area contributed by atoms with Crippen molar-refractivity contribution in [3.63, 3.8) is 0 Å². The van der Waals surface area contributed by atoms with Crippen molar-refractivity contribution in [2.75, 3.05) is 20.8 Å². The van der Waals surface area contributed by atoms with Crippen LogP contribution < -0.4 is 9.47 Å². The molecule has 0 fully saturated rings. The fourth-order valence-corrected chi connectivity index (χ4v) is 2.20. The van der Waals surface area contributed by atoms with Crippen LogP contribution in [0.4, 0.5) is 0 Å². The molecular weight excluding hydrogens is 350 g/mol. The molecule has 1 aromatic rings. The quantitative estimate of drug-likeness (QED) is 0.414. The Morgan fingerprint density at radius 2 is 2.14 bits per heavy atom. The Labute approximate surface area is 139 Å². The SMILES string of the molecule is C/C=C\C(=C/CC)COc1c(OC)cc(Br)nc1C(=O)OC. The van der Waals surface area contributed by atoms with Gasteiger partial charge in [-0.15, -0.1) is 0 Å². The summed E-state index contributed by atoms with van der Waals surface area (Å²) < 4.78 is 16.3. The molecule has 0 N–H and O–H groups in total. The summed E-state index contributed by atoms with van der Waals surface area (Å²) in [7, 11) is 2.80. The van der Waals surface area contributed by atoms with Crippen molar-refractivity contribution in [1.29, 1.82) is 0 Å². The number of methoxy groups -OCH3 is 2. The maximum absolute atomic E-state index is 11.9. The first kappa shape index (κ1) is 18.2. The van der Waals surface area contributed by atoms with Crippen LogP contribution in [0.25, 0.3) is 0 Å². The van der Waals surface area contributed by atoms with Crippen molar-refractivity contribution in [1.82, 2.24) is 4.98 Å². The molecule has 0 atom stereocenters. The summed E-state index contributed by atoms with van der Waals surface area (Å²) in [5, 5.41) is 0. The average molecular weight is 370 g/mol. The number of carbonyl (C=O) groups is 1. The van der Waals surface area contributed by atoms with E-state index in [0.29, 0.717) is 17.0 Å². The number of rotatable bonds is 7. The number of carbonyl (C=O) groups excluding carboxylic acids is 1. The summed E-state index contributed by atoms with van der Waals surface area (Å²) in [6.45, 7) is 4.29. The highest BCUT2D eigenvalue weighted by atomic mass is 79.9. The third-order valence-electron chi connectivity index (χ3n) is 2.74. The van der Waals surface area contributed by atoms with E-state index in [2.05, 4.69) is 27.0 Å². The number of hydrogen-bond acceptors (Lipinski definition) is 5. The second-order valence-electron chi connectivity index (χ2n) is 4.29. The van der Waals surface area contributed by atoms with Gasteiger partial charge in [0.1, 0.15) is 11.2 Å². The van der Waals surface area contributed by atoms with Gasteiger partial charge < -0.3 is 14.2 Å². The Bertz CT molecular complexity index is 582. The highest BCUT2D eigenvalue weighted by Gasteiger charge is 2.21. The summed E-state index contributed by atoms with van der Waals surface area (Å²) in [6, 6.07) is 1.64. The van der Waals surface area contributed by atoms with Crippen LogP contribution in [0, 0.1) is 0 Å². The second kappa shape index (κ2) is 9.25. The van der Waals surface area contributed by atoms with Crippen molar-refractivity contribution >= 4 is 21.9 Å². The van der Waals surface area contributed by atoms with Crippen LogP contribution in [0.3, 0.4) is 0 Å². The molecule has 1 heterocycles. The fourth-order valence-electron chi connectivity index (χ4n) is 1.81. The predicted octanol–water partition coefficient (Wildman–Crippen LogP) is 3.93. The van der Waals surface area contributed by atoms with E-state index in [0.717, 1.165) is 12.0 Å². The molecule has 5 nitrogen and oxygen atoms in total. The Hall–Kier alpha value is -1.82. The van der Waals surface area contributed by atoms with Crippen LogP contribution in [0.5, 0.6) is 11.5 Å². The molecular formula is C16H20BrNO4. The minimum atomic E-state index is -0.582. The highest BCUT2D eigenvalue weighted by Crippen LogP contribution is 2.33. The molecule has 120 valence electrons. The molecule has 0 bridgehead atoms. The van der Waals surface area contributed by atoms with Gasteiger partial charge >= 0.3 is 5.97 Å². The smallest absolute Gasteiger partial charge is 0.360 e. The van der Waals surface area contributed by atoms with E-state index < -0.39 is 5.97 Å². The largest absolute Gasteiger partial charge is 0.493 e. The van der Waals surface area contributed by atoms with E-state index in [9.17, 15) is 4.79 Å². The molecule has 1 rings (SSSR count). The molecule has 0 aliphatic carbocycles. The number of hydrogen-bond donors (Lipinski definition) is 0. The van der Waals surface area contributed by atoms with Crippen molar-refractivity contribution < 1.29 is 19.0 Å². The zero-order valence-electron chi connectivity index (χ0n) is 13.2.